The highest BCUT2D eigenvalue weighted by Gasteiger charge is 2.29. The second-order valence-corrected chi connectivity index (χ2v) is 13.2. The number of anilines is 1. The second kappa shape index (κ2) is 12.2. The molecular formula is C29H40N4O3S2. The smallest absolute Gasteiger partial charge is 0.260 e. The lowest BCUT2D eigenvalue weighted by Crippen LogP contribution is -2.39. The molecule has 0 atom stereocenters. The van der Waals surface area contributed by atoms with Crippen LogP contribution in [0.1, 0.15) is 67.4 Å². The molecule has 38 heavy (non-hydrogen) atoms. The van der Waals surface area contributed by atoms with Gasteiger partial charge in [0.25, 0.3) is 5.91 Å². The summed E-state index contributed by atoms with van der Waals surface area (Å²) in [6, 6.07) is 10.6. The molecule has 4 rings (SSSR count). The fourth-order valence-corrected chi connectivity index (χ4v) is 7.57. The molecule has 1 aliphatic rings. The number of fused-ring (bicyclic) bond motifs is 1. The number of sulfonamides is 1. The van der Waals surface area contributed by atoms with Gasteiger partial charge in [0.1, 0.15) is 0 Å². The Bertz CT molecular complexity index is 1320. The zero-order chi connectivity index (χ0) is 27.4. The third-order valence-corrected chi connectivity index (χ3v) is 10.8. The number of benzene rings is 2. The lowest BCUT2D eigenvalue weighted by atomic mass is 9.96. The van der Waals surface area contributed by atoms with Crippen LogP contribution < -0.4 is 4.90 Å². The van der Waals surface area contributed by atoms with Gasteiger partial charge in [-0.3, -0.25) is 9.69 Å². The minimum atomic E-state index is -3.62. The van der Waals surface area contributed by atoms with Gasteiger partial charge in [0.15, 0.2) is 5.13 Å². The van der Waals surface area contributed by atoms with Crippen molar-refractivity contribution in [1.82, 2.24) is 14.2 Å². The Kier molecular flexibility index (Phi) is 9.23. The highest BCUT2D eigenvalue weighted by atomic mass is 32.2. The van der Waals surface area contributed by atoms with E-state index in [2.05, 4.69) is 44.7 Å². The number of aromatic nitrogens is 1. The maximum Gasteiger partial charge on any atom is 0.260 e. The molecular weight excluding hydrogens is 516 g/mol. The van der Waals surface area contributed by atoms with Crippen LogP contribution in [-0.4, -0.2) is 67.8 Å². The van der Waals surface area contributed by atoms with E-state index in [9.17, 15) is 13.2 Å². The van der Waals surface area contributed by atoms with Crippen LogP contribution in [0, 0.1) is 13.8 Å². The molecule has 9 heteroatoms. The molecule has 0 radical (unpaired) electrons. The van der Waals surface area contributed by atoms with Crippen LogP contribution in [0.3, 0.4) is 0 Å². The van der Waals surface area contributed by atoms with Gasteiger partial charge in [-0.2, -0.15) is 4.31 Å². The van der Waals surface area contributed by atoms with E-state index in [1.165, 1.54) is 33.2 Å². The van der Waals surface area contributed by atoms with Crippen LogP contribution in [0.4, 0.5) is 5.13 Å². The zero-order valence-electron chi connectivity index (χ0n) is 23.2. The molecule has 0 spiro atoms. The van der Waals surface area contributed by atoms with Gasteiger partial charge in [0.05, 0.1) is 15.1 Å². The fraction of sp³-hybridized carbons (Fsp3) is 0.517. The van der Waals surface area contributed by atoms with E-state index in [1.54, 1.807) is 36.2 Å². The molecule has 2 aromatic carbocycles. The van der Waals surface area contributed by atoms with Gasteiger partial charge in [-0.15, -0.1) is 0 Å². The Morgan fingerprint density at radius 2 is 1.61 bits per heavy atom. The van der Waals surface area contributed by atoms with Gasteiger partial charge in [-0.1, -0.05) is 44.4 Å². The summed E-state index contributed by atoms with van der Waals surface area (Å²) >= 11 is 1.52. The zero-order valence-corrected chi connectivity index (χ0v) is 24.9. The van der Waals surface area contributed by atoms with Crippen molar-refractivity contribution in [3.8, 4) is 0 Å². The molecule has 0 bridgehead atoms. The summed E-state index contributed by atoms with van der Waals surface area (Å²) in [5, 5.41) is 0.663. The molecule has 1 amide bonds. The van der Waals surface area contributed by atoms with Crippen LogP contribution in [0.5, 0.6) is 0 Å². The first kappa shape index (κ1) is 28.7. The van der Waals surface area contributed by atoms with Gasteiger partial charge in [-0.25, -0.2) is 13.4 Å². The number of aryl methyl sites for hydroxylation is 2. The summed E-state index contributed by atoms with van der Waals surface area (Å²) in [4.78, 5) is 22.9. The largest absolute Gasteiger partial charge is 0.302 e. The molecule has 1 fully saturated rings. The fourth-order valence-electron chi connectivity index (χ4n) is 5.08. The number of carbonyl (C=O) groups excluding carboxylic acids is 1. The Morgan fingerprint density at radius 3 is 2.24 bits per heavy atom. The molecule has 0 saturated heterocycles. The molecule has 206 valence electrons. The van der Waals surface area contributed by atoms with Crippen LogP contribution in [0.2, 0.25) is 0 Å². The number of thiazole rings is 1. The van der Waals surface area contributed by atoms with Crippen LogP contribution >= 0.6 is 11.3 Å². The summed E-state index contributed by atoms with van der Waals surface area (Å²) in [5.74, 6) is -0.172. The highest BCUT2D eigenvalue weighted by molar-refractivity contribution is 7.89. The van der Waals surface area contributed by atoms with Gasteiger partial charge in [0.2, 0.25) is 10.0 Å². The maximum atomic E-state index is 13.8. The first-order valence-corrected chi connectivity index (χ1v) is 15.9. The average Bonchev–Trinajstić information content (AvgIpc) is 3.33. The Morgan fingerprint density at radius 1 is 0.974 bits per heavy atom. The summed E-state index contributed by atoms with van der Waals surface area (Å²) in [5.41, 5.74) is 3.71. The quantitative estimate of drug-likeness (QED) is 0.313. The van der Waals surface area contributed by atoms with E-state index in [-0.39, 0.29) is 16.8 Å². The van der Waals surface area contributed by atoms with Crippen molar-refractivity contribution in [2.45, 2.75) is 70.7 Å². The summed E-state index contributed by atoms with van der Waals surface area (Å²) in [7, 11) is -1.94. The number of amides is 1. The Labute approximate surface area is 231 Å². The van der Waals surface area contributed by atoms with Gasteiger partial charge in [0, 0.05) is 31.7 Å². The summed E-state index contributed by atoms with van der Waals surface area (Å²) in [6.45, 7) is 11.4. The van der Waals surface area contributed by atoms with Gasteiger partial charge in [-0.05, 0) is 87.3 Å². The minimum absolute atomic E-state index is 0.0388. The van der Waals surface area contributed by atoms with Crippen molar-refractivity contribution in [2.75, 3.05) is 38.1 Å². The molecule has 7 nitrogen and oxygen atoms in total. The minimum Gasteiger partial charge on any atom is -0.302 e. The average molecular weight is 557 g/mol. The van der Waals surface area contributed by atoms with Crippen molar-refractivity contribution in [3.63, 3.8) is 0 Å². The number of rotatable bonds is 10. The van der Waals surface area contributed by atoms with Crippen LogP contribution in [0.25, 0.3) is 10.2 Å². The topological polar surface area (TPSA) is 73.8 Å². The van der Waals surface area contributed by atoms with E-state index in [1.807, 2.05) is 0 Å². The first-order chi connectivity index (χ1) is 18.1. The Balaban J connectivity index is 1.61. The number of carbonyl (C=O) groups is 1. The molecule has 1 aromatic heterocycles. The summed E-state index contributed by atoms with van der Waals surface area (Å²) < 4.78 is 29.1. The molecule has 0 N–H and O–H groups in total. The van der Waals surface area contributed by atoms with Crippen molar-refractivity contribution < 1.29 is 13.2 Å². The lowest BCUT2D eigenvalue weighted by molar-refractivity contribution is 0.0983. The molecule has 1 aliphatic carbocycles. The van der Waals surface area contributed by atoms with Crippen molar-refractivity contribution in [1.29, 1.82) is 0 Å². The van der Waals surface area contributed by atoms with Crippen molar-refractivity contribution in [3.05, 3.63) is 53.1 Å². The Hall–Kier alpha value is -2.33. The molecule has 1 saturated carbocycles. The van der Waals surface area contributed by atoms with E-state index in [4.69, 9.17) is 4.98 Å². The summed E-state index contributed by atoms with van der Waals surface area (Å²) in [6.07, 6.45) is 5.09. The standard InChI is InChI=1S/C29H40N4O3S2/c1-6-32(7-2)17-18-33(29-30-26-19-21(3)22(4)20-27(26)37-29)28(34)23-13-15-25(16-14-23)38(35,36)31(5)24-11-9-8-10-12-24/h13-16,19-20,24H,6-12,17-18H2,1-5H3. The molecule has 0 unspecified atom stereocenters. The second-order valence-electron chi connectivity index (χ2n) is 10.2. The maximum absolute atomic E-state index is 13.8. The van der Waals surface area contributed by atoms with Gasteiger partial charge < -0.3 is 4.90 Å². The highest BCUT2D eigenvalue weighted by Crippen LogP contribution is 2.32. The van der Waals surface area contributed by atoms with E-state index in [0.717, 1.165) is 55.5 Å². The third-order valence-electron chi connectivity index (χ3n) is 7.87. The van der Waals surface area contributed by atoms with E-state index < -0.39 is 10.0 Å². The van der Waals surface area contributed by atoms with E-state index in [0.29, 0.717) is 17.2 Å². The number of hydrogen-bond acceptors (Lipinski definition) is 6. The van der Waals surface area contributed by atoms with Gasteiger partial charge >= 0.3 is 0 Å². The number of likely N-dealkylation sites (N-methyl/N-ethyl adjacent to an activating group) is 1. The number of nitrogens with zero attached hydrogens (tertiary/aromatic N) is 4. The van der Waals surface area contributed by atoms with Crippen LogP contribution in [-0.2, 0) is 10.0 Å². The monoisotopic (exact) mass is 556 g/mol. The predicted molar refractivity (Wildman–Crippen MR) is 157 cm³/mol. The SMILES string of the molecule is CCN(CC)CCN(C(=O)c1ccc(S(=O)(=O)N(C)C2CCCCC2)cc1)c1nc2cc(C)c(C)cc2s1. The normalized spacial score (nSPS) is 15.0. The van der Waals surface area contributed by atoms with E-state index >= 15 is 0 Å². The predicted octanol–water partition coefficient (Wildman–Crippen LogP) is 5.85. The van der Waals surface area contributed by atoms with Crippen LogP contribution in [0.15, 0.2) is 41.3 Å². The lowest BCUT2D eigenvalue weighted by Gasteiger charge is -2.30. The molecule has 1 heterocycles. The third kappa shape index (κ3) is 6.11. The van der Waals surface area contributed by atoms with Crippen molar-refractivity contribution in [2.24, 2.45) is 0 Å². The number of hydrogen-bond donors (Lipinski definition) is 0. The molecule has 0 aliphatic heterocycles. The molecule has 3 aromatic rings. The van der Waals surface area contributed by atoms with Crippen molar-refractivity contribution >= 4 is 42.6 Å². The first-order valence-electron chi connectivity index (χ1n) is 13.7.